The molecule has 1 aliphatic heterocycles. The molecule has 1 aromatic carbocycles. The maximum absolute atomic E-state index is 5.74. The summed E-state index contributed by atoms with van der Waals surface area (Å²) < 4.78 is 1.08. The molecule has 5 nitrogen and oxygen atoms in total. The van der Waals surface area contributed by atoms with E-state index < -0.39 is 0 Å². The third-order valence-corrected chi connectivity index (χ3v) is 5.09. The molecule has 0 radical (unpaired) electrons. The van der Waals surface area contributed by atoms with Crippen LogP contribution in [0.2, 0.25) is 0 Å². The summed E-state index contributed by atoms with van der Waals surface area (Å²) in [4.78, 5) is 6.90. The van der Waals surface area contributed by atoms with Gasteiger partial charge in [-0.2, -0.15) is 4.98 Å². The number of benzene rings is 1. The summed E-state index contributed by atoms with van der Waals surface area (Å²) in [5.74, 6) is 2.26. The number of anilines is 1. The van der Waals surface area contributed by atoms with Crippen LogP contribution in [0.3, 0.4) is 0 Å². The minimum absolute atomic E-state index is 0.645. The van der Waals surface area contributed by atoms with Crippen LogP contribution in [0.5, 0.6) is 0 Å². The summed E-state index contributed by atoms with van der Waals surface area (Å²) in [5, 5.41) is 7.45. The normalized spacial score (nSPS) is 16.4. The minimum Gasteiger partial charge on any atom is -0.340 e. The zero-order chi connectivity index (χ0) is 14.8. The number of rotatable bonds is 3. The highest BCUT2D eigenvalue weighted by molar-refractivity contribution is 9.10. The number of halogens is 1. The number of nitrogens with two attached hydrogens (primary N) is 1. The van der Waals surface area contributed by atoms with E-state index in [9.17, 15) is 0 Å². The SMILES string of the molecule is Cc1c(Br)cccc1-c1nc(N2CCC(CN)CC2)n[nH]1. The molecule has 3 rings (SSSR count). The summed E-state index contributed by atoms with van der Waals surface area (Å²) >= 11 is 3.56. The fraction of sp³-hybridized carbons (Fsp3) is 0.467. The standard InChI is InChI=1S/C15H20BrN5/c1-10-12(3-2-4-13(10)16)14-18-15(20-19-14)21-7-5-11(9-17)6-8-21/h2-4,11H,5-9,17H2,1H3,(H,18,19,20). The second-order valence-electron chi connectivity index (χ2n) is 5.56. The van der Waals surface area contributed by atoms with E-state index >= 15 is 0 Å². The lowest BCUT2D eigenvalue weighted by molar-refractivity contribution is 0.411. The summed E-state index contributed by atoms with van der Waals surface area (Å²) in [7, 11) is 0. The van der Waals surface area contributed by atoms with Crippen LogP contribution in [0.15, 0.2) is 22.7 Å². The Bertz CT molecular complexity index is 616. The monoisotopic (exact) mass is 349 g/mol. The topological polar surface area (TPSA) is 70.8 Å². The van der Waals surface area contributed by atoms with Crippen molar-refractivity contribution in [3.8, 4) is 11.4 Å². The summed E-state index contributed by atoms with van der Waals surface area (Å²) in [6, 6.07) is 6.11. The van der Waals surface area contributed by atoms with Crippen molar-refractivity contribution < 1.29 is 0 Å². The molecule has 0 unspecified atom stereocenters. The number of hydrogen-bond donors (Lipinski definition) is 2. The molecule has 1 aromatic heterocycles. The van der Waals surface area contributed by atoms with Gasteiger partial charge in [-0.05, 0) is 43.9 Å². The van der Waals surface area contributed by atoms with Gasteiger partial charge in [0.2, 0.25) is 5.95 Å². The number of aromatic nitrogens is 3. The lowest BCUT2D eigenvalue weighted by Crippen LogP contribution is -2.36. The first-order valence-electron chi connectivity index (χ1n) is 7.32. The second kappa shape index (κ2) is 6.15. The molecule has 0 aliphatic carbocycles. The maximum atomic E-state index is 5.74. The molecule has 1 saturated heterocycles. The molecule has 1 fully saturated rings. The maximum Gasteiger partial charge on any atom is 0.245 e. The number of hydrogen-bond acceptors (Lipinski definition) is 4. The summed E-state index contributed by atoms with van der Waals surface area (Å²) in [6.07, 6.45) is 2.24. The van der Waals surface area contributed by atoms with Gasteiger partial charge in [0, 0.05) is 23.1 Å². The van der Waals surface area contributed by atoms with Crippen LogP contribution in [0.4, 0.5) is 5.95 Å². The lowest BCUT2D eigenvalue weighted by Gasteiger charge is -2.30. The molecule has 0 bridgehead atoms. The first-order chi connectivity index (χ1) is 10.2. The highest BCUT2D eigenvalue weighted by atomic mass is 79.9. The zero-order valence-electron chi connectivity index (χ0n) is 12.1. The average molecular weight is 350 g/mol. The van der Waals surface area contributed by atoms with Crippen LogP contribution in [-0.4, -0.2) is 34.8 Å². The van der Waals surface area contributed by atoms with Crippen molar-refractivity contribution in [3.63, 3.8) is 0 Å². The van der Waals surface area contributed by atoms with E-state index in [1.165, 1.54) is 5.56 Å². The third kappa shape index (κ3) is 2.96. The minimum atomic E-state index is 0.645. The van der Waals surface area contributed by atoms with Crippen molar-refractivity contribution in [2.45, 2.75) is 19.8 Å². The molecule has 3 N–H and O–H groups in total. The first-order valence-corrected chi connectivity index (χ1v) is 8.11. The van der Waals surface area contributed by atoms with Crippen molar-refractivity contribution in [1.82, 2.24) is 15.2 Å². The molecule has 0 saturated carbocycles. The van der Waals surface area contributed by atoms with Gasteiger partial charge in [-0.3, -0.25) is 5.10 Å². The number of piperidine rings is 1. The summed E-state index contributed by atoms with van der Waals surface area (Å²) in [6.45, 7) is 4.83. The van der Waals surface area contributed by atoms with Gasteiger partial charge in [-0.15, -0.1) is 5.10 Å². The van der Waals surface area contributed by atoms with Gasteiger partial charge in [0.1, 0.15) is 0 Å². The van der Waals surface area contributed by atoms with Crippen molar-refractivity contribution in [3.05, 3.63) is 28.2 Å². The third-order valence-electron chi connectivity index (χ3n) is 4.23. The Labute approximate surface area is 133 Å². The quantitative estimate of drug-likeness (QED) is 0.893. The van der Waals surface area contributed by atoms with E-state index in [0.717, 1.165) is 54.3 Å². The zero-order valence-corrected chi connectivity index (χ0v) is 13.7. The van der Waals surface area contributed by atoms with Crippen molar-refractivity contribution in [1.29, 1.82) is 0 Å². The van der Waals surface area contributed by atoms with Crippen LogP contribution in [0.25, 0.3) is 11.4 Å². The van der Waals surface area contributed by atoms with Gasteiger partial charge in [-0.25, -0.2) is 0 Å². The Morgan fingerprint density at radius 3 is 2.86 bits per heavy atom. The van der Waals surface area contributed by atoms with Gasteiger partial charge in [0.25, 0.3) is 0 Å². The fourth-order valence-corrected chi connectivity index (χ4v) is 3.11. The molecule has 112 valence electrons. The smallest absolute Gasteiger partial charge is 0.245 e. The van der Waals surface area contributed by atoms with Crippen molar-refractivity contribution in [2.24, 2.45) is 11.7 Å². The Morgan fingerprint density at radius 2 is 2.14 bits per heavy atom. The van der Waals surface area contributed by atoms with Gasteiger partial charge < -0.3 is 10.6 Å². The second-order valence-corrected chi connectivity index (χ2v) is 6.42. The van der Waals surface area contributed by atoms with E-state index in [1.54, 1.807) is 0 Å². The molecule has 0 atom stereocenters. The first kappa shape index (κ1) is 14.5. The van der Waals surface area contributed by atoms with Crippen LogP contribution < -0.4 is 10.6 Å². The Kier molecular flexibility index (Phi) is 4.26. The number of nitrogens with zero attached hydrogens (tertiary/aromatic N) is 3. The molecule has 2 aromatic rings. The molecule has 1 aliphatic rings. The van der Waals surface area contributed by atoms with Crippen molar-refractivity contribution >= 4 is 21.9 Å². The number of aromatic amines is 1. The lowest BCUT2D eigenvalue weighted by atomic mass is 9.97. The average Bonchev–Trinajstić information content (AvgIpc) is 3.00. The molecular weight excluding hydrogens is 330 g/mol. The highest BCUT2D eigenvalue weighted by Crippen LogP contribution is 2.28. The molecule has 2 heterocycles. The molecule has 21 heavy (non-hydrogen) atoms. The number of H-pyrrole nitrogens is 1. The van der Waals surface area contributed by atoms with Gasteiger partial charge in [0.05, 0.1) is 0 Å². The molecular formula is C15H20BrN5. The fourth-order valence-electron chi connectivity index (χ4n) is 2.75. The van der Waals surface area contributed by atoms with Gasteiger partial charge >= 0.3 is 0 Å². The molecule has 6 heteroatoms. The van der Waals surface area contributed by atoms with E-state index in [2.05, 4.69) is 49.0 Å². The molecule has 0 amide bonds. The van der Waals surface area contributed by atoms with Crippen molar-refractivity contribution in [2.75, 3.05) is 24.5 Å². The van der Waals surface area contributed by atoms with Crippen LogP contribution in [0, 0.1) is 12.8 Å². The summed E-state index contributed by atoms with van der Waals surface area (Å²) in [5.41, 5.74) is 7.99. The van der Waals surface area contributed by atoms with Crippen LogP contribution >= 0.6 is 15.9 Å². The Morgan fingerprint density at radius 1 is 1.38 bits per heavy atom. The Balaban J connectivity index is 1.79. The van der Waals surface area contributed by atoms with Crippen LogP contribution in [0.1, 0.15) is 18.4 Å². The Hall–Kier alpha value is -1.40. The van der Waals surface area contributed by atoms with E-state index in [0.29, 0.717) is 5.92 Å². The largest absolute Gasteiger partial charge is 0.340 e. The predicted octanol–water partition coefficient (Wildman–Crippen LogP) is 2.72. The molecule has 0 spiro atoms. The van der Waals surface area contributed by atoms with E-state index in [4.69, 9.17) is 5.73 Å². The van der Waals surface area contributed by atoms with E-state index in [1.807, 2.05) is 12.1 Å². The van der Waals surface area contributed by atoms with Gasteiger partial charge in [0.15, 0.2) is 5.82 Å². The van der Waals surface area contributed by atoms with Crippen LogP contribution in [-0.2, 0) is 0 Å². The predicted molar refractivity (Wildman–Crippen MR) is 88.2 cm³/mol. The highest BCUT2D eigenvalue weighted by Gasteiger charge is 2.21. The number of nitrogens with one attached hydrogen (secondary N) is 1. The van der Waals surface area contributed by atoms with E-state index in [-0.39, 0.29) is 0 Å². The van der Waals surface area contributed by atoms with Gasteiger partial charge in [-0.1, -0.05) is 28.1 Å².